The molecule has 4 rings (SSSR count). The maximum absolute atomic E-state index is 13.0. The lowest BCUT2D eigenvalue weighted by atomic mass is 10.0. The highest BCUT2D eigenvalue weighted by Gasteiger charge is 2.19. The molecule has 1 saturated heterocycles. The molecule has 0 spiro atoms. The number of hydrogen-bond acceptors (Lipinski definition) is 5. The van der Waals surface area contributed by atoms with Crippen LogP contribution in [-0.2, 0) is 0 Å². The van der Waals surface area contributed by atoms with Gasteiger partial charge in [-0.25, -0.2) is 0 Å². The van der Waals surface area contributed by atoms with Crippen LogP contribution in [0.3, 0.4) is 0 Å². The molecule has 3 aromatic carbocycles. The van der Waals surface area contributed by atoms with Crippen LogP contribution in [0.4, 0.5) is 11.4 Å². The molecule has 1 aliphatic heterocycles. The van der Waals surface area contributed by atoms with Gasteiger partial charge in [0.05, 0.1) is 12.8 Å². The molecule has 1 N–H and O–H groups in total. The molecule has 1 fully saturated rings. The van der Waals surface area contributed by atoms with Crippen LogP contribution in [0.25, 0.3) is 11.1 Å². The third-order valence-corrected chi connectivity index (χ3v) is 6.67. The van der Waals surface area contributed by atoms with Gasteiger partial charge in [-0.3, -0.25) is 9.59 Å². The lowest BCUT2D eigenvalue weighted by Crippen LogP contribution is -2.44. The zero-order valence-electron chi connectivity index (χ0n) is 21.0. The molecule has 188 valence electrons. The second-order valence-corrected chi connectivity index (χ2v) is 9.51. The Bertz CT molecular complexity index is 1250. The van der Waals surface area contributed by atoms with E-state index in [0.29, 0.717) is 21.8 Å². The molecular weight excluding hydrogens is 476 g/mol. The summed E-state index contributed by atoms with van der Waals surface area (Å²) >= 11 is 6.56. The standard InChI is InChI=1S/C28H31ClN4O3/c1-31(2)28(35)20-7-5-19(6-8-20)23-11-9-21(17-24(23)29)27(34)30-22-10-12-26(36-4)25(18-22)33-15-13-32(3)14-16-33/h5-12,17-18H,13-16H2,1-4H3,(H,30,34). The fraction of sp³-hybridized carbons (Fsp3) is 0.286. The minimum atomic E-state index is -0.245. The van der Waals surface area contributed by atoms with Crippen LogP contribution < -0.4 is 15.0 Å². The number of methoxy groups -OCH3 is 1. The van der Waals surface area contributed by atoms with E-state index in [-0.39, 0.29) is 11.8 Å². The Kier molecular flexibility index (Phi) is 7.82. The van der Waals surface area contributed by atoms with Gasteiger partial charge in [-0.1, -0.05) is 29.8 Å². The van der Waals surface area contributed by atoms with Crippen LogP contribution in [0.2, 0.25) is 5.02 Å². The summed E-state index contributed by atoms with van der Waals surface area (Å²) in [6.45, 7) is 3.73. The van der Waals surface area contributed by atoms with Crippen molar-refractivity contribution in [1.82, 2.24) is 9.80 Å². The summed E-state index contributed by atoms with van der Waals surface area (Å²) < 4.78 is 5.57. The molecule has 0 aliphatic carbocycles. The Morgan fingerprint density at radius 2 is 1.58 bits per heavy atom. The van der Waals surface area contributed by atoms with E-state index >= 15 is 0 Å². The number of benzene rings is 3. The second kappa shape index (κ2) is 11.0. The minimum Gasteiger partial charge on any atom is -0.495 e. The molecule has 0 atom stereocenters. The van der Waals surface area contributed by atoms with Gasteiger partial charge in [-0.2, -0.15) is 0 Å². The Morgan fingerprint density at radius 1 is 0.917 bits per heavy atom. The molecule has 8 heteroatoms. The molecular formula is C28H31ClN4O3. The number of carbonyl (C=O) groups is 2. The van der Waals surface area contributed by atoms with Crippen molar-refractivity contribution in [2.24, 2.45) is 0 Å². The molecule has 0 saturated carbocycles. The lowest BCUT2D eigenvalue weighted by Gasteiger charge is -2.34. The summed E-state index contributed by atoms with van der Waals surface area (Å²) in [7, 11) is 7.21. The predicted octanol–water partition coefficient (Wildman–Crippen LogP) is 4.72. The SMILES string of the molecule is COc1ccc(NC(=O)c2ccc(-c3ccc(C(=O)N(C)C)cc3)c(Cl)c2)cc1N1CCN(C)CC1. The van der Waals surface area contributed by atoms with E-state index in [4.69, 9.17) is 16.3 Å². The van der Waals surface area contributed by atoms with E-state index in [0.717, 1.165) is 48.7 Å². The van der Waals surface area contributed by atoms with E-state index in [1.165, 1.54) is 4.90 Å². The normalized spacial score (nSPS) is 13.9. The number of anilines is 2. The quantitative estimate of drug-likeness (QED) is 0.524. The summed E-state index contributed by atoms with van der Waals surface area (Å²) in [4.78, 5) is 31.3. The third-order valence-electron chi connectivity index (χ3n) is 6.36. The van der Waals surface area contributed by atoms with Crippen LogP contribution in [0, 0.1) is 0 Å². The fourth-order valence-electron chi connectivity index (χ4n) is 4.21. The highest BCUT2D eigenvalue weighted by Crippen LogP contribution is 2.33. The van der Waals surface area contributed by atoms with Crippen molar-refractivity contribution in [2.75, 3.05) is 64.6 Å². The van der Waals surface area contributed by atoms with Gasteiger partial charge < -0.3 is 24.8 Å². The van der Waals surface area contributed by atoms with Crippen molar-refractivity contribution in [3.05, 3.63) is 76.8 Å². The van der Waals surface area contributed by atoms with Crippen LogP contribution in [-0.4, -0.2) is 76.0 Å². The Balaban J connectivity index is 1.50. The molecule has 0 aromatic heterocycles. The van der Waals surface area contributed by atoms with Crippen molar-refractivity contribution in [2.45, 2.75) is 0 Å². The molecule has 3 aromatic rings. The van der Waals surface area contributed by atoms with Crippen LogP contribution in [0.1, 0.15) is 20.7 Å². The summed E-state index contributed by atoms with van der Waals surface area (Å²) in [5.74, 6) is 0.474. The van der Waals surface area contributed by atoms with Gasteiger partial charge in [0.2, 0.25) is 0 Å². The number of rotatable bonds is 6. The first-order chi connectivity index (χ1) is 17.3. The summed E-state index contributed by atoms with van der Waals surface area (Å²) in [5.41, 5.74) is 4.38. The molecule has 1 aliphatic rings. The molecule has 0 radical (unpaired) electrons. The number of piperazine rings is 1. The first-order valence-electron chi connectivity index (χ1n) is 11.8. The summed E-state index contributed by atoms with van der Waals surface area (Å²) in [6, 6.07) is 18.2. The maximum Gasteiger partial charge on any atom is 0.255 e. The van der Waals surface area contributed by atoms with Crippen molar-refractivity contribution in [3.8, 4) is 16.9 Å². The number of ether oxygens (including phenoxy) is 1. The average Bonchev–Trinajstić information content (AvgIpc) is 2.88. The Hall–Kier alpha value is -3.55. The average molecular weight is 507 g/mol. The Morgan fingerprint density at radius 3 is 2.19 bits per heavy atom. The Labute approximate surface area is 217 Å². The first-order valence-corrected chi connectivity index (χ1v) is 12.2. The maximum atomic E-state index is 13.0. The molecule has 7 nitrogen and oxygen atoms in total. The third kappa shape index (κ3) is 5.64. The van der Waals surface area contributed by atoms with E-state index < -0.39 is 0 Å². The number of hydrogen-bond donors (Lipinski definition) is 1. The number of halogens is 1. The highest BCUT2D eigenvalue weighted by molar-refractivity contribution is 6.33. The monoisotopic (exact) mass is 506 g/mol. The largest absolute Gasteiger partial charge is 0.495 e. The topological polar surface area (TPSA) is 65.1 Å². The predicted molar refractivity (Wildman–Crippen MR) is 146 cm³/mol. The zero-order chi connectivity index (χ0) is 25.8. The molecule has 2 amide bonds. The smallest absolute Gasteiger partial charge is 0.255 e. The number of nitrogens with zero attached hydrogens (tertiary/aromatic N) is 3. The fourth-order valence-corrected chi connectivity index (χ4v) is 4.50. The van der Waals surface area contributed by atoms with Gasteiger partial charge in [-0.15, -0.1) is 0 Å². The van der Waals surface area contributed by atoms with Gasteiger partial charge in [0.1, 0.15) is 5.75 Å². The summed E-state index contributed by atoms with van der Waals surface area (Å²) in [5, 5.41) is 3.44. The molecule has 36 heavy (non-hydrogen) atoms. The van der Waals surface area contributed by atoms with Gasteiger partial charge in [0.15, 0.2) is 0 Å². The van der Waals surface area contributed by atoms with Gasteiger partial charge in [-0.05, 0) is 55.1 Å². The lowest BCUT2D eigenvalue weighted by molar-refractivity contribution is 0.0827. The van der Waals surface area contributed by atoms with E-state index in [2.05, 4.69) is 22.2 Å². The van der Waals surface area contributed by atoms with Crippen molar-refractivity contribution >= 4 is 34.8 Å². The second-order valence-electron chi connectivity index (χ2n) is 9.10. The van der Waals surface area contributed by atoms with Crippen LogP contribution in [0.5, 0.6) is 5.75 Å². The summed E-state index contributed by atoms with van der Waals surface area (Å²) in [6.07, 6.45) is 0. The van der Waals surface area contributed by atoms with Crippen molar-refractivity contribution in [3.63, 3.8) is 0 Å². The number of amides is 2. The van der Waals surface area contributed by atoms with E-state index in [1.807, 2.05) is 36.4 Å². The van der Waals surface area contributed by atoms with E-state index in [1.54, 1.807) is 45.5 Å². The first kappa shape index (κ1) is 25.5. The zero-order valence-corrected chi connectivity index (χ0v) is 21.8. The molecule has 0 unspecified atom stereocenters. The number of likely N-dealkylation sites (N-methyl/N-ethyl adjacent to an activating group) is 1. The van der Waals surface area contributed by atoms with Crippen molar-refractivity contribution in [1.29, 1.82) is 0 Å². The van der Waals surface area contributed by atoms with Gasteiger partial charge >= 0.3 is 0 Å². The number of carbonyl (C=O) groups excluding carboxylic acids is 2. The van der Waals surface area contributed by atoms with Gasteiger partial charge in [0, 0.05) is 67.7 Å². The molecule has 1 heterocycles. The molecule has 0 bridgehead atoms. The van der Waals surface area contributed by atoms with Crippen molar-refractivity contribution < 1.29 is 14.3 Å². The van der Waals surface area contributed by atoms with E-state index in [9.17, 15) is 9.59 Å². The van der Waals surface area contributed by atoms with Gasteiger partial charge in [0.25, 0.3) is 11.8 Å². The van der Waals surface area contributed by atoms with Crippen LogP contribution in [0.15, 0.2) is 60.7 Å². The highest BCUT2D eigenvalue weighted by atomic mass is 35.5. The minimum absolute atomic E-state index is 0.0611. The van der Waals surface area contributed by atoms with Crippen LogP contribution >= 0.6 is 11.6 Å². The number of nitrogens with one attached hydrogen (secondary N) is 1.